The Morgan fingerprint density at radius 2 is 1.90 bits per heavy atom. The zero-order valence-electron chi connectivity index (χ0n) is 11.5. The maximum atomic E-state index is 10.9. The van der Waals surface area contributed by atoms with Crippen molar-refractivity contribution in [2.24, 2.45) is 5.73 Å². The van der Waals surface area contributed by atoms with Crippen LogP contribution in [0.4, 0.5) is 4.79 Å². The van der Waals surface area contributed by atoms with Crippen LogP contribution in [0.15, 0.2) is 0 Å². The molecular weight excluding hydrogens is 377 g/mol. The number of halogens is 1. The van der Waals surface area contributed by atoms with E-state index in [9.17, 15) is 14.4 Å². The quantitative estimate of drug-likeness (QED) is 0.290. The molecule has 0 aromatic carbocycles. The number of urea groups is 1. The lowest BCUT2D eigenvalue weighted by molar-refractivity contribution is -0.137. The van der Waals surface area contributed by atoms with Crippen molar-refractivity contribution in [2.75, 3.05) is 4.43 Å². The SMILES string of the molecule is C[C@@H]1NC(=O)N[C@@H]1CCCCCC(=O)O.NC(=O)CI. The van der Waals surface area contributed by atoms with Gasteiger partial charge in [-0.2, -0.15) is 0 Å². The van der Waals surface area contributed by atoms with Crippen molar-refractivity contribution in [2.45, 2.75) is 51.1 Å². The van der Waals surface area contributed by atoms with Crippen molar-refractivity contribution < 1.29 is 19.5 Å². The smallest absolute Gasteiger partial charge is 0.315 e. The lowest BCUT2D eigenvalue weighted by Crippen LogP contribution is -2.30. The Morgan fingerprint density at radius 1 is 1.30 bits per heavy atom. The second kappa shape index (κ2) is 10.7. The van der Waals surface area contributed by atoms with Crippen molar-refractivity contribution in [3.8, 4) is 0 Å². The van der Waals surface area contributed by atoms with E-state index in [1.54, 1.807) is 0 Å². The third-order valence-corrected chi connectivity index (χ3v) is 3.57. The molecule has 2 atom stereocenters. The van der Waals surface area contributed by atoms with Gasteiger partial charge in [0, 0.05) is 12.5 Å². The predicted molar refractivity (Wildman–Crippen MR) is 83.7 cm³/mol. The number of alkyl halides is 1. The summed E-state index contributed by atoms with van der Waals surface area (Å²) in [6.45, 7) is 1.97. The van der Waals surface area contributed by atoms with Gasteiger partial charge in [0.05, 0.1) is 10.5 Å². The molecule has 8 heteroatoms. The molecule has 1 aliphatic rings. The second-order valence-corrected chi connectivity index (χ2v) is 5.37. The van der Waals surface area contributed by atoms with Gasteiger partial charge in [-0.3, -0.25) is 9.59 Å². The fourth-order valence-corrected chi connectivity index (χ4v) is 1.78. The number of hydrogen-bond donors (Lipinski definition) is 4. The van der Waals surface area contributed by atoms with Crippen molar-refractivity contribution in [3.63, 3.8) is 0 Å². The number of carbonyl (C=O) groups excluding carboxylic acids is 2. The molecule has 0 unspecified atom stereocenters. The van der Waals surface area contributed by atoms with E-state index in [2.05, 4.69) is 16.4 Å². The number of rotatable bonds is 7. The summed E-state index contributed by atoms with van der Waals surface area (Å²) >= 11 is 1.90. The normalized spacial score (nSPS) is 20.4. The van der Waals surface area contributed by atoms with E-state index < -0.39 is 5.97 Å². The molecule has 1 rings (SSSR count). The van der Waals surface area contributed by atoms with Crippen LogP contribution < -0.4 is 16.4 Å². The first-order chi connectivity index (χ1) is 9.36. The number of hydrogen-bond acceptors (Lipinski definition) is 3. The molecule has 0 saturated carbocycles. The predicted octanol–water partition coefficient (Wildman–Crippen LogP) is 0.998. The van der Waals surface area contributed by atoms with E-state index >= 15 is 0 Å². The van der Waals surface area contributed by atoms with Gasteiger partial charge in [-0.25, -0.2) is 4.79 Å². The minimum Gasteiger partial charge on any atom is -0.481 e. The maximum Gasteiger partial charge on any atom is 0.315 e. The number of aliphatic carboxylic acids is 1. The summed E-state index contributed by atoms with van der Waals surface area (Å²) in [7, 11) is 0. The molecule has 1 fully saturated rings. The number of carboxylic acids is 1. The molecule has 1 heterocycles. The van der Waals surface area contributed by atoms with Crippen LogP contribution >= 0.6 is 22.6 Å². The average molecular weight is 399 g/mol. The van der Waals surface area contributed by atoms with Crippen LogP contribution in [0.1, 0.15) is 39.0 Å². The van der Waals surface area contributed by atoms with Crippen LogP contribution in [-0.2, 0) is 9.59 Å². The Labute approximate surface area is 132 Å². The minimum atomic E-state index is -0.737. The van der Waals surface area contributed by atoms with E-state index in [0.717, 1.165) is 25.7 Å². The molecule has 116 valence electrons. The summed E-state index contributed by atoms with van der Waals surface area (Å²) in [6, 6.07) is 0.275. The monoisotopic (exact) mass is 399 g/mol. The number of amides is 3. The maximum absolute atomic E-state index is 10.9. The molecule has 0 aromatic heterocycles. The summed E-state index contributed by atoms with van der Waals surface area (Å²) in [5.74, 6) is -0.996. The third-order valence-electron chi connectivity index (χ3n) is 2.82. The lowest BCUT2D eigenvalue weighted by atomic mass is 10.0. The van der Waals surface area contributed by atoms with Crippen LogP contribution in [-0.4, -0.2) is 39.5 Å². The third kappa shape index (κ3) is 9.82. The van der Waals surface area contributed by atoms with Crippen molar-refractivity contribution >= 4 is 40.5 Å². The highest BCUT2D eigenvalue weighted by atomic mass is 127. The topological polar surface area (TPSA) is 122 Å². The largest absolute Gasteiger partial charge is 0.481 e. The molecule has 0 spiro atoms. The van der Waals surface area contributed by atoms with Gasteiger partial charge in [0.25, 0.3) is 0 Å². The Bertz CT molecular complexity index is 339. The van der Waals surface area contributed by atoms with Crippen LogP contribution in [0.2, 0.25) is 0 Å². The summed E-state index contributed by atoms with van der Waals surface area (Å²) < 4.78 is 0.414. The van der Waals surface area contributed by atoms with Gasteiger partial charge >= 0.3 is 12.0 Å². The van der Waals surface area contributed by atoms with Gasteiger partial charge < -0.3 is 21.5 Å². The van der Waals surface area contributed by atoms with Crippen LogP contribution in [0.25, 0.3) is 0 Å². The van der Waals surface area contributed by atoms with Gasteiger partial charge in [0.2, 0.25) is 5.91 Å². The summed E-state index contributed by atoms with van der Waals surface area (Å²) in [5.41, 5.74) is 4.65. The molecule has 1 saturated heterocycles. The summed E-state index contributed by atoms with van der Waals surface area (Å²) in [5, 5.41) is 14.1. The number of nitrogens with one attached hydrogen (secondary N) is 2. The van der Waals surface area contributed by atoms with E-state index in [0.29, 0.717) is 4.43 Å². The highest BCUT2D eigenvalue weighted by molar-refractivity contribution is 14.1. The van der Waals surface area contributed by atoms with E-state index in [-0.39, 0.29) is 30.4 Å². The van der Waals surface area contributed by atoms with Crippen LogP contribution in [0, 0.1) is 0 Å². The Balaban J connectivity index is 0.000000621. The molecule has 1 aliphatic heterocycles. The number of unbranched alkanes of at least 4 members (excludes halogenated alkanes) is 2. The fourth-order valence-electron chi connectivity index (χ4n) is 1.78. The highest BCUT2D eigenvalue weighted by Crippen LogP contribution is 2.11. The minimum absolute atomic E-state index is 0.0990. The van der Waals surface area contributed by atoms with Gasteiger partial charge in [-0.1, -0.05) is 35.4 Å². The fraction of sp³-hybridized carbons (Fsp3) is 0.750. The second-order valence-electron chi connectivity index (χ2n) is 4.61. The molecule has 3 amide bonds. The average Bonchev–Trinajstić information content (AvgIpc) is 2.68. The van der Waals surface area contributed by atoms with Crippen molar-refractivity contribution in [3.05, 3.63) is 0 Å². The zero-order valence-corrected chi connectivity index (χ0v) is 13.7. The lowest BCUT2D eigenvalue weighted by Gasteiger charge is -2.13. The number of carbonyl (C=O) groups is 3. The van der Waals surface area contributed by atoms with Crippen LogP contribution in [0.5, 0.6) is 0 Å². The number of primary amides is 1. The molecule has 0 aliphatic carbocycles. The molecule has 0 radical (unpaired) electrons. The number of nitrogens with two attached hydrogens (primary N) is 1. The summed E-state index contributed by atoms with van der Waals surface area (Å²) in [6.07, 6.45) is 3.75. The molecule has 0 aromatic rings. The zero-order chi connectivity index (χ0) is 15.5. The van der Waals surface area contributed by atoms with E-state index in [1.165, 1.54) is 0 Å². The van der Waals surface area contributed by atoms with Gasteiger partial charge in [-0.05, 0) is 19.8 Å². The van der Waals surface area contributed by atoms with Crippen LogP contribution in [0.3, 0.4) is 0 Å². The van der Waals surface area contributed by atoms with E-state index in [4.69, 9.17) is 5.11 Å². The Morgan fingerprint density at radius 3 is 2.30 bits per heavy atom. The first kappa shape index (κ1) is 18.9. The Hall–Kier alpha value is -1.06. The standard InChI is InChI=1S/C10H18N2O3.C2H4INO/c1-7-8(12-10(15)11-7)5-3-2-4-6-9(13)14;3-1-2(4)5/h7-8H,2-6H2,1H3,(H,13,14)(H2,11,12,15);1H2,(H2,4,5)/t7-,8+;/m0./s1. The van der Waals surface area contributed by atoms with Crippen molar-refractivity contribution in [1.29, 1.82) is 0 Å². The molecule has 5 N–H and O–H groups in total. The number of carboxylic acid groups (broad SMARTS) is 1. The molecular formula is C12H22IN3O4. The first-order valence-electron chi connectivity index (χ1n) is 6.50. The Kier molecular flexibility index (Phi) is 10.1. The first-order valence-corrected chi connectivity index (χ1v) is 8.02. The highest BCUT2D eigenvalue weighted by Gasteiger charge is 2.26. The molecule has 7 nitrogen and oxygen atoms in total. The van der Waals surface area contributed by atoms with Gasteiger partial charge in [0.15, 0.2) is 0 Å². The summed E-state index contributed by atoms with van der Waals surface area (Å²) in [4.78, 5) is 30.8. The van der Waals surface area contributed by atoms with Gasteiger partial charge in [-0.15, -0.1) is 0 Å². The van der Waals surface area contributed by atoms with Crippen molar-refractivity contribution in [1.82, 2.24) is 10.6 Å². The molecule has 20 heavy (non-hydrogen) atoms. The molecule has 0 bridgehead atoms. The van der Waals surface area contributed by atoms with Gasteiger partial charge in [0.1, 0.15) is 0 Å². The van der Waals surface area contributed by atoms with E-state index in [1.807, 2.05) is 29.5 Å².